The van der Waals surface area contributed by atoms with Crippen LogP contribution in [0.15, 0.2) is 53.1 Å². The van der Waals surface area contributed by atoms with Crippen LogP contribution in [0.4, 0.5) is 13.2 Å². The standard InChI is InChI=1S/C17H17F3N6S.HI/c1-21-16(23-9-15-25-14(11-27-15)17(18,19)20)22-7-12-8-24-26(10-12)13-5-3-2-4-6-13;/h2-6,8,10-11H,7,9H2,1H3,(H2,21,22,23);1H. The minimum absolute atomic E-state index is 0. The van der Waals surface area contributed by atoms with Gasteiger partial charge in [0.15, 0.2) is 11.7 Å². The van der Waals surface area contributed by atoms with Crippen LogP contribution in [0.5, 0.6) is 0 Å². The molecule has 2 aromatic heterocycles. The van der Waals surface area contributed by atoms with E-state index >= 15 is 0 Å². The number of rotatable bonds is 5. The van der Waals surface area contributed by atoms with E-state index in [9.17, 15) is 13.2 Å². The first-order valence-corrected chi connectivity index (χ1v) is 8.89. The van der Waals surface area contributed by atoms with E-state index in [4.69, 9.17) is 0 Å². The van der Waals surface area contributed by atoms with Crippen LogP contribution in [0.25, 0.3) is 5.69 Å². The summed E-state index contributed by atoms with van der Waals surface area (Å²) in [6, 6.07) is 9.71. The van der Waals surface area contributed by atoms with Gasteiger partial charge in [-0.2, -0.15) is 18.3 Å². The first-order chi connectivity index (χ1) is 13.0. The Kier molecular flexibility index (Phi) is 7.80. The van der Waals surface area contributed by atoms with Crippen LogP contribution in [-0.4, -0.2) is 27.8 Å². The summed E-state index contributed by atoms with van der Waals surface area (Å²) in [5, 5.41) is 11.7. The Balaban J connectivity index is 0.00000280. The minimum Gasteiger partial charge on any atom is -0.352 e. The second-order valence-corrected chi connectivity index (χ2v) is 6.47. The molecule has 0 radical (unpaired) electrons. The zero-order valence-electron chi connectivity index (χ0n) is 14.8. The number of thiazole rings is 1. The van der Waals surface area contributed by atoms with Crippen LogP contribution in [0.1, 0.15) is 16.3 Å². The monoisotopic (exact) mass is 522 g/mol. The Morgan fingerprint density at radius 3 is 2.54 bits per heavy atom. The Morgan fingerprint density at radius 2 is 1.89 bits per heavy atom. The number of hydrogen-bond acceptors (Lipinski definition) is 4. The van der Waals surface area contributed by atoms with E-state index in [2.05, 4.69) is 25.7 Å². The zero-order valence-corrected chi connectivity index (χ0v) is 17.9. The molecule has 0 unspecified atom stereocenters. The predicted octanol–water partition coefficient (Wildman–Crippen LogP) is 3.83. The van der Waals surface area contributed by atoms with Crippen molar-refractivity contribution < 1.29 is 13.2 Å². The molecule has 0 atom stereocenters. The van der Waals surface area contributed by atoms with Crippen molar-refractivity contribution >= 4 is 41.3 Å². The van der Waals surface area contributed by atoms with Gasteiger partial charge in [-0.3, -0.25) is 4.99 Å². The Morgan fingerprint density at radius 1 is 1.18 bits per heavy atom. The highest BCUT2D eigenvalue weighted by Gasteiger charge is 2.33. The number of hydrogen-bond donors (Lipinski definition) is 2. The molecular formula is C17H18F3IN6S. The van der Waals surface area contributed by atoms with Gasteiger partial charge in [0.05, 0.1) is 18.4 Å². The van der Waals surface area contributed by atoms with Gasteiger partial charge < -0.3 is 10.6 Å². The van der Waals surface area contributed by atoms with Gasteiger partial charge in [0, 0.05) is 30.7 Å². The quantitative estimate of drug-likeness (QED) is 0.304. The number of aliphatic imine (C=N–C) groups is 1. The van der Waals surface area contributed by atoms with Gasteiger partial charge in [-0.15, -0.1) is 35.3 Å². The van der Waals surface area contributed by atoms with Gasteiger partial charge in [-0.25, -0.2) is 9.67 Å². The zero-order chi connectivity index (χ0) is 19.3. The molecule has 0 aliphatic carbocycles. The predicted molar refractivity (Wildman–Crippen MR) is 113 cm³/mol. The van der Waals surface area contributed by atoms with Gasteiger partial charge in [-0.05, 0) is 12.1 Å². The van der Waals surface area contributed by atoms with Gasteiger partial charge in [0.1, 0.15) is 5.01 Å². The SMILES string of the molecule is CN=C(NCc1cnn(-c2ccccc2)c1)NCc1nc(C(F)(F)F)cs1.I. The molecular weight excluding hydrogens is 504 g/mol. The lowest BCUT2D eigenvalue weighted by Gasteiger charge is -2.10. The number of para-hydroxylation sites is 1. The molecule has 0 fully saturated rings. The van der Waals surface area contributed by atoms with Crippen LogP contribution >= 0.6 is 35.3 Å². The molecule has 2 N–H and O–H groups in total. The third-order valence-electron chi connectivity index (χ3n) is 3.59. The number of nitrogens with zero attached hydrogens (tertiary/aromatic N) is 4. The Bertz CT molecular complexity index is 907. The average molecular weight is 522 g/mol. The number of alkyl halides is 3. The number of nitrogens with one attached hydrogen (secondary N) is 2. The lowest BCUT2D eigenvalue weighted by atomic mass is 10.3. The fourth-order valence-corrected chi connectivity index (χ4v) is 3.00. The van der Waals surface area contributed by atoms with Crippen LogP contribution in [0.3, 0.4) is 0 Å². The molecule has 3 aromatic rings. The van der Waals surface area contributed by atoms with Crippen molar-refractivity contribution in [1.82, 2.24) is 25.4 Å². The highest BCUT2D eigenvalue weighted by molar-refractivity contribution is 14.0. The van der Waals surface area contributed by atoms with E-state index in [-0.39, 0.29) is 30.5 Å². The molecule has 150 valence electrons. The van der Waals surface area contributed by atoms with Crippen molar-refractivity contribution in [2.45, 2.75) is 19.3 Å². The summed E-state index contributed by atoms with van der Waals surface area (Å²) in [5.74, 6) is 0.464. The number of guanidine groups is 1. The van der Waals surface area contributed by atoms with Gasteiger partial charge in [0.2, 0.25) is 0 Å². The van der Waals surface area contributed by atoms with Crippen molar-refractivity contribution in [2.24, 2.45) is 4.99 Å². The fraction of sp³-hybridized carbons (Fsp3) is 0.235. The van der Waals surface area contributed by atoms with Crippen molar-refractivity contribution in [3.8, 4) is 5.69 Å². The summed E-state index contributed by atoms with van der Waals surface area (Å²) >= 11 is 0.955. The molecule has 2 heterocycles. The molecule has 0 amide bonds. The first kappa shape index (κ1) is 22.1. The summed E-state index contributed by atoms with van der Waals surface area (Å²) in [6.45, 7) is 0.627. The van der Waals surface area contributed by atoms with Crippen LogP contribution in [0.2, 0.25) is 0 Å². The van der Waals surface area contributed by atoms with Crippen LogP contribution < -0.4 is 10.6 Å². The number of benzene rings is 1. The second kappa shape index (κ2) is 9.87. The van der Waals surface area contributed by atoms with Crippen molar-refractivity contribution in [1.29, 1.82) is 0 Å². The second-order valence-electron chi connectivity index (χ2n) is 5.53. The molecule has 3 rings (SSSR count). The lowest BCUT2D eigenvalue weighted by Crippen LogP contribution is -2.36. The van der Waals surface area contributed by atoms with Gasteiger partial charge in [-0.1, -0.05) is 18.2 Å². The molecule has 0 saturated heterocycles. The fourth-order valence-electron chi connectivity index (χ4n) is 2.26. The highest BCUT2D eigenvalue weighted by atomic mass is 127. The summed E-state index contributed by atoms with van der Waals surface area (Å²) in [5.41, 5.74) is 1.02. The highest BCUT2D eigenvalue weighted by Crippen LogP contribution is 2.29. The summed E-state index contributed by atoms with van der Waals surface area (Å²) in [4.78, 5) is 7.64. The van der Waals surface area contributed by atoms with Gasteiger partial charge in [0.25, 0.3) is 0 Å². The van der Waals surface area contributed by atoms with E-state index in [1.165, 1.54) is 0 Å². The summed E-state index contributed by atoms with van der Waals surface area (Å²) < 4.78 is 39.5. The van der Waals surface area contributed by atoms with Crippen molar-refractivity contribution in [3.05, 3.63) is 64.4 Å². The van der Waals surface area contributed by atoms with E-state index in [1.54, 1.807) is 17.9 Å². The normalized spacial score (nSPS) is 11.8. The van der Waals surface area contributed by atoms with Crippen LogP contribution in [0, 0.1) is 0 Å². The lowest BCUT2D eigenvalue weighted by molar-refractivity contribution is -0.140. The maximum absolute atomic E-state index is 12.6. The summed E-state index contributed by atoms with van der Waals surface area (Å²) in [6.07, 6.45) is -0.788. The van der Waals surface area contributed by atoms with Crippen LogP contribution in [-0.2, 0) is 19.3 Å². The van der Waals surface area contributed by atoms with E-state index < -0.39 is 11.9 Å². The summed E-state index contributed by atoms with van der Waals surface area (Å²) in [7, 11) is 1.59. The van der Waals surface area contributed by atoms with E-state index in [0.29, 0.717) is 17.5 Å². The molecule has 0 spiro atoms. The van der Waals surface area contributed by atoms with Gasteiger partial charge >= 0.3 is 6.18 Å². The Labute approximate surface area is 180 Å². The smallest absolute Gasteiger partial charge is 0.352 e. The van der Waals surface area contributed by atoms with E-state index in [1.807, 2.05) is 36.5 Å². The molecule has 1 aromatic carbocycles. The van der Waals surface area contributed by atoms with E-state index in [0.717, 1.165) is 28.0 Å². The molecule has 0 aliphatic rings. The van der Waals surface area contributed by atoms with Crippen molar-refractivity contribution in [3.63, 3.8) is 0 Å². The number of halogens is 4. The Hall–Kier alpha value is -2.15. The maximum atomic E-state index is 12.6. The molecule has 0 aliphatic heterocycles. The largest absolute Gasteiger partial charge is 0.434 e. The number of aromatic nitrogens is 3. The third-order valence-corrected chi connectivity index (χ3v) is 4.44. The topological polar surface area (TPSA) is 67.1 Å². The minimum atomic E-state index is -4.42. The molecule has 11 heteroatoms. The van der Waals surface area contributed by atoms with Crippen molar-refractivity contribution in [2.75, 3.05) is 7.05 Å². The molecule has 0 bridgehead atoms. The molecule has 0 saturated carbocycles. The third kappa shape index (κ3) is 5.92. The first-order valence-electron chi connectivity index (χ1n) is 8.01. The maximum Gasteiger partial charge on any atom is 0.434 e. The molecule has 6 nitrogen and oxygen atoms in total. The average Bonchev–Trinajstić information content (AvgIpc) is 3.32. The molecule has 28 heavy (non-hydrogen) atoms.